The second-order valence-electron chi connectivity index (χ2n) is 8.07. The lowest BCUT2D eigenvalue weighted by Gasteiger charge is -2.33. The van der Waals surface area contributed by atoms with Crippen LogP contribution in [0.4, 0.5) is 10.5 Å². The average Bonchev–Trinajstić information content (AvgIpc) is 3.40. The molecule has 5 rings (SSSR count). The maximum atomic E-state index is 11.2. The molecule has 0 atom stereocenters. The van der Waals surface area contributed by atoms with Gasteiger partial charge in [0.15, 0.2) is 23.0 Å². The molecule has 0 radical (unpaired) electrons. The average molecular weight is 464 g/mol. The van der Waals surface area contributed by atoms with Crippen LogP contribution < -0.4 is 9.47 Å². The van der Waals surface area contributed by atoms with E-state index in [1.807, 2.05) is 24.3 Å². The zero-order chi connectivity index (χ0) is 23.8. The number of carbonyl (C=O) groups is 1. The van der Waals surface area contributed by atoms with Gasteiger partial charge < -0.3 is 29.0 Å². The fraction of sp³-hybridized carbons (Fsp3) is 0.292. The molecule has 3 heterocycles. The van der Waals surface area contributed by atoms with E-state index in [9.17, 15) is 15.0 Å². The Morgan fingerprint density at radius 3 is 2.62 bits per heavy atom. The molecule has 2 N–H and O–H groups in total. The molecule has 2 aliphatic rings. The summed E-state index contributed by atoms with van der Waals surface area (Å²) >= 11 is 0. The number of nitrogens with zero attached hydrogens (tertiary/aromatic N) is 4. The molecule has 10 nitrogen and oxygen atoms in total. The Morgan fingerprint density at radius 1 is 1.15 bits per heavy atom. The number of fused-ring (bicyclic) bond motifs is 2. The van der Waals surface area contributed by atoms with Gasteiger partial charge >= 0.3 is 6.09 Å². The normalized spacial score (nSPS) is 16.9. The lowest BCUT2D eigenvalue weighted by atomic mass is 10.1. The number of piperazine rings is 1. The van der Waals surface area contributed by atoms with E-state index < -0.39 is 6.09 Å². The number of aromatic hydroxyl groups is 1. The Morgan fingerprint density at radius 2 is 1.91 bits per heavy atom. The summed E-state index contributed by atoms with van der Waals surface area (Å²) in [5, 5.41) is 29.1. The molecule has 1 amide bonds. The highest BCUT2D eigenvalue weighted by atomic mass is 16.5. The van der Waals surface area contributed by atoms with Crippen molar-refractivity contribution in [1.82, 2.24) is 9.80 Å². The first kappa shape index (κ1) is 21.8. The molecule has 0 bridgehead atoms. The Hall–Kier alpha value is -4.05. The second kappa shape index (κ2) is 8.71. The van der Waals surface area contributed by atoms with Gasteiger partial charge in [-0.25, -0.2) is 4.79 Å². The summed E-state index contributed by atoms with van der Waals surface area (Å²) in [7, 11) is 3.09. The third kappa shape index (κ3) is 3.71. The minimum Gasteiger partial charge on any atom is -0.504 e. The largest absolute Gasteiger partial charge is 0.504 e. The molecular formula is C24H24N4O6. The third-order valence-electron chi connectivity index (χ3n) is 6.15. The summed E-state index contributed by atoms with van der Waals surface area (Å²) in [6.45, 7) is 2.39. The maximum absolute atomic E-state index is 11.2. The van der Waals surface area contributed by atoms with Crippen molar-refractivity contribution < 1.29 is 28.9 Å². The molecule has 0 aliphatic carbocycles. The molecule has 2 aromatic carbocycles. The summed E-state index contributed by atoms with van der Waals surface area (Å²) in [6.07, 6.45) is 0.749. The Balaban J connectivity index is 1.56. The zero-order valence-electron chi connectivity index (χ0n) is 18.8. The van der Waals surface area contributed by atoms with Gasteiger partial charge in [0, 0.05) is 44.4 Å². The number of amides is 1. The summed E-state index contributed by atoms with van der Waals surface area (Å²) in [5.41, 5.74) is 3.40. The van der Waals surface area contributed by atoms with Crippen molar-refractivity contribution in [2.24, 2.45) is 10.2 Å². The topological polar surface area (TPSA) is 120 Å². The van der Waals surface area contributed by atoms with Crippen molar-refractivity contribution in [3.05, 3.63) is 47.2 Å². The molecule has 0 saturated carbocycles. The van der Waals surface area contributed by atoms with Crippen molar-refractivity contribution in [3.63, 3.8) is 0 Å². The highest BCUT2D eigenvalue weighted by molar-refractivity contribution is 5.96. The number of methoxy groups -OCH3 is 2. The van der Waals surface area contributed by atoms with Crippen LogP contribution in [0.2, 0.25) is 0 Å². The van der Waals surface area contributed by atoms with Gasteiger partial charge in [-0.15, -0.1) is 10.2 Å². The summed E-state index contributed by atoms with van der Waals surface area (Å²) in [6, 6.07) is 9.26. The molecule has 1 aromatic heterocycles. The number of benzene rings is 2. The zero-order valence-corrected chi connectivity index (χ0v) is 18.8. The predicted octanol–water partition coefficient (Wildman–Crippen LogP) is 4.55. The quantitative estimate of drug-likeness (QED) is 0.568. The standard InChI is InChI=1S/C24H24N4O6/c1-32-20-11-15-21(29)19(12-18-14-5-3-4-6-17(14)25-26-18)34-22(15)16(23(20)33-2)13-27-7-9-28(10-8-27)24(30)31/h3-6,11-12,29H,7-10,13H2,1-2H3,(H,30,31). The van der Waals surface area contributed by atoms with Crippen LogP contribution in [0, 0.1) is 0 Å². The van der Waals surface area contributed by atoms with E-state index in [-0.39, 0.29) is 11.5 Å². The van der Waals surface area contributed by atoms with Crippen LogP contribution in [0.25, 0.3) is 22.7 Å². The summed E-state index contributed by atoms with van der Waals surface area (Å²) in [4.78, 5) is 14.8. The third-order valence-corrected chi connectivity index (χ3v) is 6.15. The number of ether oxygens (including phenoxy) is 2. The molecule has 1 fully saturated rings. The lowest BCUT2D eigenvalue weighted by molar-refractivity contribution is 0.102. The molecule has 0 unspecified atom stereocenters. The molecule has 2 aliphatic heterocycles. The van der Waals surface area contributed by atoms with E-state index in [4.69, 9.17) is 13.9 Å². The van der Waals surface area contributed by atoms with Crippen molar-refractivity contribution >= 4 is 34.5 Å². The Bertz CT molecular complexity index is 1320. The Labute approximate surface area is 195 Å². The van der Waals surface area contributed by atoms with Crippen LogP contribution in [0.3, 0.4) is 0 Å². The second-order valence-corrected chi connectivity index (χ2v) is 8.07. The Kier molecular flexibility index (Phi) is 5.58. The van der Waals surface area contributed by atoms with E-state index in [1.54, 1.807) is 19.3 Å². The van der Waals surface area contributed by atoms with Gasteiger partial charge in [0.05, 0.1) is 36.6 Å². The fourth-order valence-corrected chi connectivity index (χ4v) is 4.37. The first-order valence-electron chi connectivity index (χ1n) is 10.8. The molecule has 3 aromatic rings. The highest BCUT2D eigenvalue weighted by Gasteiger charge is 2.27. The minimum atomic E-state index is -0.916. The number of hydrogen-bond acceptors (Lipinski definition) is 8. The molecular weight excluding hydrogens is 440 g/mol. The van der Waals surface area contributed by atoms with Crippen LogP contribution in [0.1, 0.15) is 16.9 Å². The van der Waals surface area contributed by atoms with Crippen LogP contribution >= 0.6 is 0 Å². The maximum Gasteiger partial charge on any atom is 0.407 e. The van der Waals surface area contributed by atoms with E-state index >= 15 is 0 Å². The summed E-state index contributed by atoms with van der Waals surface area (Å²) in [5.74, 6) is 1.21. The van der Waals surface area contributed by atoms with Gasteiger partial charge in [-0.1, -0.05) is 18.2 Å². The van der Waals surface area contributed by atoms with Crippen molar-refractivity contribution in [1.29, 1.82) is 0 Å². The number of furan rings is 1. The number of azo groups is 1. The van der Waals surface area contributed by atoms with E-state index in [2.05, 4.69) is 15.1 Å². The van der Waals surface area contributed by atoms with Gasteiger partial charge in [0.2, 0.25) is 0 Å². The van der Waals surface area contributed by atoms with Gasteiger partial charge in [0.1, 0.15) is 5.58 Å². The lowest BCUT2D eigenvalue weighted by Crippen LogP contribution is -2.47. The van der Waals surface area contributed by atoms with E-state index in [0.717, 1.165) is 11.3 Å². The first-order chi connectivity index (χ1) is 16.5. The summed E-state index contributed by atoms with van der Waals surface area (Å²) < 4.78 is 17.3. The SMILES string of the molecule is COc1cc2c(O)c(C=C3N=Nc4ccccc43)oc2c(CN2CCN(C(=O)O)CC2)c1OC. The molecule has 34 heavy (non-hydrogen) atoms. The van der Waals surface area contributed by atoms with E-state index in [0.29, 0.717) is 66.5 Å². The fourth-order valence-electron chi connectivity index (χ4n) is 4.37. The molecule has 0 spiro atoms. The number of carboxylic acid groups (broad SMARTS) is 1. The molecule has 176 valence electrons. The van der Waals surface area contributed by atoms with Gasteiger partial charge in [-0.2, -0.15) is 0 Å². The van der Waals surface area contributed by atoms with Gasteiger partial charge in [-0.3, -0.25) is 4.90 Å². The first-order valence-corrected chi connectivity index (χ1v) is 10.8. The van der Waals surface area contributed by atoms with Gasteiger partial charge in [0.25, 0.3) is 0 Å². The van der Waals surface area contributed by atoms with Crippen LogP contribution in [-0.2, 0) is 6.54 Å². The van der Waals surface area contributed by atoms with Crippen molar-refractivity contribution in [2.75, 3.05) is 40.4 Å². The van der Waals surface area contributed by atoms with Crippen molar-refractivity contribution in [2.45, 2.75) is 6.54 Å². The number of rotatable bonds is 5. The van der Waals surface area contributed by atoms with E-state index in [1.165, 1.54) is 12.0 Å². The minimum absolute atomic E-state index is 0.0278. The van der Waals surface area contributed by atoms with Crippen LogP contribution in [0.5, 0.6) is 17.2 Å². The van der Waals surface area contributed by atoms with Crippen LogP contribution in [-0.4, -0.2) is 66.5 Å². The van der Waals surface area contributed by atoms with Gasteiger partial charge in [-0.05, 0) is 12.1 Å². The number of hydrogen-bond donors (Lipinski definition) is 2. The van der Waals surface area contributed by atoms with Crippen molar-refractivity contribution in [3.8, 4) is 17.2 Å². The smallest absolute Gasteiger partial charge is 0.407 e. The molecule has 10 heteroatoms. The molecule has 1 saturated heterocycles. The predicted molar refractivity (Wildman–Crippen MR) is 125 cm³/mol. The monoisotopic (exact) mass is 464 g/mol. The highest BCUT2D eigenvalue weighted by Crippen LogP contribution is 2.45. The van der Waals surface area contributed by atoms with Crippen LogP contribution in [0.15, 0.2) is 45.0 Å².